The lowest BCUT2D eigenvalue weighted by atomic mass is 9.88. The zero-order valence-electron chi connectivity index (χ0n) is 10.0. The van der Waals surface area contributed by atoms with Crippen LogP contribution >= 0.6 is 0 Å². The molecule has 1 atom stereocenters. The normalized spacial score (nSPS) is 20.5. The zero-order chi connectivity index (χ0) is 12.1. The van der Waals surface area contributed by atoms with Gasteiger partial charge in [-0.1, -0.05) is 24.4 Å². The fourth-order valence-electron chi connectivity index (χ4n) is 2.11. The van der Waals surface area contributed by atoms with E-state index in [1.54, 1.807) is 18.9 Å². The van der Waals surface area contributed by atoms with Crippen molar-refractivity contribution in [3.63, 3.8) is 0 Å². The van der Waals surface area contributed by atoms with Crippen molar-refractivity contribution in [1.29, 1.82) is 0 Å². The lowest BCUT2D eigenvalue weighted by molar-refractivity contribution is -0.135. The number of hydrogen-bond donors (Lipinski definition) is 2. The lowest BCUT2D eigenvalue weighted by Gasteiger charge is -2.29. The molecule has 1 amide bonds. The van der Waals surface area contributed by atoms with Gasteiger partial charge in [-0.15, -0.1) is 0 Å². The van der Waals surface area contributed by atoms with Gasteiger partial charge in [0.25, 0.3) is 0 Å². The smallest absolute Gasteiger partial charge is 0.226 e. The van der Waals surface area contributed by atoms with Gasteiger partial charge < -0.3 is 15.8 Å². The van der Waals surface area contributed by atoms with Crippen molar-refractivity contribution in [2.45, 2.75) is 45.1 Å². The van der Waals surface area contributed by atoms with E-state index in [1.807, 2.05) is 0 Å². The number of nitrogens with two attached hydrogens (primary N) is 1. The quantitative estimate of drug-likeness (QED) is 0.328. The van der Waals surface area contributed by atoms with E-state index in [2.05, 4.69) is 5.16 Å². The van der Waals surface area contributed by atoms with Gasteiger partial charge in [0.2, 0.25) is 5.91 Å². The van der Waals surface area contributed by atoms with Crippen molar-refractivity contribution < 1.29 is 10.0 Å². The number of oxime groups is 1. The minimum absolute atomic E-state index is 0.0756. The van der Waals surface area contributed by atoms with Crippen LogP contribution in [0.15, 0.2) is 5.16 Å². The van der Waals surface area contributed by atoms with Crippen LogP contribution in [0.25, 0.3) is 0 Å². The van der Waals surface area contributed by atoms with E-state index in [9.17, 15) is 4.79 Å². The molecule has 0 aromatic carbocycles. The summed E-state index contributed by atoms with van der Waals surface area (Å²) in [5.74, 6) is 0.304. The molecule has 0 aromatic rings. The molecule has 1 unspecified atom stereocenters. The van der Waals surface area contributed by atoms with Gasteiger partial charge in [-0.2, -0.15) is 0 Å². The molecule has 1 rings (SSSR count). The summed E-state index contributed by atoms with van der Waals surface area (Å²) in [6.45, 7) is 1.76. The summed E-state index contributed by atoms with van der Waals surface area (Å²) in [5, 5.41) is 11.5. The predicted molar refractivity (Wildman–Crippen MR) is 62.2 cm³/mol. The second-order valence-corrected chi connectivity index (χ2v) is 4.48. The maximum absolute atomic E-state index is 12.1. The topological polar surface area (TPSA) is 78.9 Å². The van der Waals surface area contributed by atoms with Crippen molar-refractivity contribution in [2.24, 2.45) is 16.8 Å². The van der Waals surface area contributed by atoms with E-state index in [4.69, 9.17) is 10.9 Å². The minimum Gasteiger partial charge on any atom is -0.409 e. The highest BCUT2D eigenvalue weighted by Gasteiger charge is 2.27. The molecular weight excluding hydrogens is 206 g/mol. The molecule has 92 valence electrons. The third-order valence-electron chi connectivity index (χ3n) is 3.43. The summed E-state index contributed by atoms with van der Waals surface area (Å²) in [5.41, 5.74) is 5.49. The maximum Gasteiger partial charge on any atom is 0.226 e. The van der Waals surface area contributed by atoms with Crippen molar-refractivity contribution in [3.8, 4) is 0 Å². The Hall–Kier alpha value is -1.26. The van der Waals surface area contributed by atoms with Gasteiger partial charge in [0.15, 0.2) is 5.84 Å². The monoisotopic (exact) mass is 227 g/mol. The Bertz CT molecular complexity index is 272. The van der Waals surface area contributed by atoms with Crippen LogP contribution in [-0.4, -0.2) is 34.9 Å². The summed E-state index contributed by atoms with van der Waals surface area (Å²) in [6.07, 6.45) is 5.41. The lowest BCUT2D eigenvalue weighted by Crippen LogP contribution is -2.46. The molecule has 1 aliphatic carbocycles. The van der Waals surface area contributed by atoms with Gasteiger partial charge in [-0.25, -0.2) is 0 Å². The molecule has 1 aliphatic rings. The van der Waals surface area contributed by atoms with Gasteiger partial charge in [0.1, 0.15) is 0 Å². The molecule has 1 saturated carbocycles. The largest absolute Gasteiger partial charge is 0.409 e. The van der Waals surface area contributed by atoms with E-state index in [-0.39, 0.29) is 23.7 Å². The van der Waals surface area contributed by atoms with Gasteiger partial charge in [0.05, 0.1) is 6.04 Å². The Labute approximate surface area is 96.3 Å². The van der Waals surface area contributed by atoms with E-state index in [0.29, 0.717) is 0 Å². The first-order valence-electron chi connectivity index (χ1n) is 5.82. The highest BCUT2D eigenvalue weighted by Crippen LogP contribution is 2.25. The molecule has 3 N–H and O–H groups in total. The van der Waals surface area contributed by atoms with Crippen LogP contribution < -0.4 is 5.73 Å². The first-order chi connectivity index (χ1) is 7.57. The second kappa shape index (κ2) is 5.72. The van der Waals surface area contributed by atoms with Gasteiger partial charge >= 0.3 is 0 Å². The fraction of sp³-hybridized carbons (Fsp3) is 0.818. The molecule has 16 heavy (non-hydrogen) atoms. The molecule has 0 saturated heterocycles. The van der Waals surface area contributed by atoms with E-state index in [1.165, 1.54) is 6.42 Å². The van der Waals surface area contributed by atoms with Crippen molar-refractivity contribution in [2.75, 3.05) is 7.05 Å². The molecule has 0 radical (unpaired) electrons. The number of rotatable bonds is 3. The van der Waals surface area contributed by atoms with Crippen molar-refractivity contribution >= 4 is 11.7 Å². The zero-order valence-corrected chi connectivity index (χ0v) is 10.0. The SMILES string of the molecule is CC(C(N)=NO)N(C)C(=O)C1CCCCC1. The highest BCUT2D eigenvalue weighted by molar-refractivity contribution is 5.90. The summed E-state index contributed by atoms with van der Waals surface area (Å²) in [6, 6.07) is -0.348. The molecule has 5 nitrogen and oxygen atoms in total. The number of hydrogen-bond acceptors (Lipinski definition) is 3. The number of carbonyl (C=O) groups excluding carboxylic acids is 1. The maximum atomic E-state index is 12.1. The van der Waals surface area contributed by atoms with Crippen LogP contribution in [0.4, 0.5) is 0 Å². The molecule has 0 spiro atoms. The number of nitrogens with zero attached hydrogens (tertiary/aromatic N) is 2. The van der Waals surface area contributed by atoms with Crippen LogP contribution in [0.1, 0.15) is 39.0 Å². The Morgan fingerprint density at radius 1 is 1.44 bits per heavy atom. The van der Waals surface area contributed by atoms with Gasteiger partial charge in [-0.3, -0.25) is 4.79 Å². The molecule has 0 heterocycles. The average molecular weight is 227 g/mol. The molecule has 0 aliphatic heterocycles. The average Bonchev–Trinajstić information content (AvgIpc) is 2.36. The summed E-state index contributed by atoms with van der Waals surface area (Å²) >= 11 is 0. The minimum atomic E-state index is -0.348. The predicted octanol–water partition coefficient (Wildman–Crippen LogP) is 1.16. The Morgan fingerprint density at radius 2 is 2.00 bits per heavy atom. The first-order valence-corrected chi connectivity index (χ1v) is 5.82. The van der Waals surface area contributed by atoms with Crippen LogP contribution in [0.2, 0.25) is 0 Å². The van der Waals surface area contributed by atoms with Gasteiger partial charge in [0, 0.05) is 13.0 Å². The van der Waals surface area contributed by atoms with Crippen molar-refractivity contribution in [1.82, 2.24) is 4.90 Å². The van der Waals surface area contributed by atoms with Crippen molar-refractivity contribution in [3.05, 3.63) is 0 Å². The third-order valence-corrected chi connectivity index (χ3v) is 3.43. The molecule has 0 aromatic heterocycles. The second-order valence-electron chi connectivity index (χ2n) is 4.48. The molecule has 5 heteroatoms. The van der Waals surface area contributed by atoms with E-state index in [0.717, 1.165) is 25.7 Å². The summed E-state index contributed by atoms with van der Waals surface area (Å²) in [4.78, 5) is 13.7. The standard InChI is InChI=1S/C11H21N3O2/c1-8(10(12)13-16)14(2)11(15)9-6-4-3-5-7-9/h8-9,16H,3-7H2,1-2H3,(H2,12,13). The number of likely N-dealkylation sites (N-methyl/N-ethyl adjacent to an activating group) is 1. The molecule has 0 bridgehead atoms. The van der Waals surface area contributed by atoms with Crippen LogP contribution in [0, 0.1) is 5.92 Å². The Morgan fingerprint density at radius 3 is 2.50 bits per heavy atom. The van der Waals surface area contributed by atoms with Gasteiger partial charge in [-0.05, 0) is 19.8 Å². The number of carbonyl (C=O) groups is 1. The van der Waals surface area contributed by atoms with E-state index < -0.39 is 0 Å². The van der Waals surface area contributed by atoms with Crippen LogP contribution in [0.3, 0.4) is 0 Å². The molecule has 1 fully saturated rings. The first kappa shape index (κ1) is 12.8. The fourth-order valence-corrected chi connectivity index (χ4v) is 2.11. The van der Waals surface area contributed by atoms with E-state index >= 15 is 0 Å². The number of amides is 1. The highest BCUT2D eigenvalue weighted by atomic mass is 16.4. The van der Waals surface area contributed by atoms with Crippen LogP contribution in [-0.2, 0) is 4.79 Å². The number of amidine groups is 1. The third kappa shape index (κ3) is 2.87. The van der Waals surface area contributed by atoms with Crippen LogP contribution in [0.5, 0.6) is 0 Å². The summed E-state index contributed by atoms with van der Waals surface area (Å²) in [7, 11) is 1.71. The summed E-state index contributed by atoms with van der Waals surface area (Å²) < 4.78 is 0. The Kier molecular flexibility index (Phi) is 4.58. The Balaban J connectivity index is 2.58. The molecular formula is C11H21N3O2.